The Morgan fingerprint density at radius 1 is 1.23 bits per heavy atom. The van der Waals surface area contributed by atoms with Gasteiger partial charge in [-0.25, -0.2) is 0 Å². The van der Waals surface area contributed by atoms with E-state index in [1.54, 1.807) is 0 Å². The number of hydrogen-bond donors (Lipinski definition) is 2. The molecule has 0 aromatic rings. The van der Waals surface area contributed by atoms with Crippen LogP contribution in [-0.2, 0) is 0 Å². The molecule has 0 heterocycles. The summed E-state index contributed by atoms with van der Waals surface area (Å²) >= 11 is 1.85. The molecule has 0 bridgehead atoms. The molecular weight excluding hydrogens is 182 g/mol. The zero-order valence-corrected chi connectivity index (χ0v) is 9.81. The fraction of sp³-hybridized carbons (Fsp3) is 1.00. The second-order valence-electron chi connectivity index (χ2n) is 3.79. The normalized spacial score (nSPS) is 18.2. The SMILES string of the molecule is CC(N)CCCCSC(C)C(C)O. The van der Waals surface area contributed by atoms with Crippen molar-refractivity contribution in [2.75, 3.05) is 5.75 Å². The van der Waals surface area contributed by atoms with E-state index in [1.807, 2.05) is 25.6 Å². The van der Waals surface area contributed by atoms with Gasteiger partial charge in [-0.3, -0.25) is 0 Å². The molecule has 3 N–H and O–H groups in total. The molecule has 0 radical (unpaired) electrons. The van der Waals surface area contributed by atoms with Crippen molar-refractivity contribution in [3.8, 4) is 0 Å². The quantitative estimate of drug-likeness (QED) is 0.625. The fourth-order valence-corrected chi connectivity index (χ4v) is 2.00. The van der Waals surface area contributed by atoms with Crippen LogP contribution in [-0.4, -0.2) is 28.3 Å². The van der Waals surface area contributed by atoms with E-state index >= 15 is 0 Å². The van der Waals surface area contributed by atoms with Gasteiger partial charge in [-0.15, -0.1) is 0 Å². The smallest absolute Gasteiger partial charge is 0.0627 e. The number of rotatable bonds is 7. The molecule has 0 fully saturated rings. The van der Waals surface area contributed by atoms with Crippen LogP contribution in [0.1, 0.15) is 40.0 Å². The summed E-state index contributed by atoms with van der Waals surface area (Å²) in [5, 5.41) is 9.58. The van der Waals surface area contributed by atoms with Crippen LogP contribution in [0.2, 0.25) is 0 Å². The Balaban J connectivity index is 3.16. The number of aliphatic hydroxyl groups excluding tert-OH is 1. The first kappa shape index (κ1) is 13.3. The Kier molecular flexibility index (Phi) is 7.81. The Hall–Kier alpha value is 0.270. The molecule has 13 heavy (non-hydrogen) atoms. The van der Waals surface area contributed by atoms with Gasteiger partial charge in [0.25, 0.3) is 0 Å². The van der Waals surface area contributed by atoms with Gasteiger partial charge < -0.3 is 10.8 Å². The van der Waals surface area contributed by atoms with Crippen LogP contribution in [0.3, 0.4) is 0 Å². The van der Waals surface area contributed by atoms with E-state index in [0.717, 1.165) is 12.2 Å². The molecule has 0 saturated carbocycles. The minimum atomic E-state index is -0.196. The van der Waals surface area contributed by atoms with Crippen LogP contribution in [0.15, 0.2) is 0 Å². The predicted octanol–water partition coefficient (Wildman–Crippen LogP) is 2.01. The topological polar surface area (TPSA) is 46.2 Å². The van der Waals surface area contributed by atoms with Crippen molar-refractivity contribution in [2.45, 2.75) is 57.4 Å². The van der Waals surface area contributed by atoms with Crippen molar-refractivity contribution in [3.63, 3.8) is 0 Å². The maximum Gasteiger partial charge on any atom is 0.0627 e. The van der Waals surface area contributed by atoms with Crippen LogP contribution in [0.5, 0.6) is 0 Å². The summed E-state index contributed by atoms with van der Waals surface area (Å²) < 4.78 is 0. The summed E-state index contributed by atoms with van der Waals surface area (Å²) in [6.07, 6.45) is 3.34. The number of unbranched alkanes of at least 4 members (excludes halogenated alkanes) is 1. The molecule has 3 atom stereocenters. The Labute approximate surface area is 86.3 Å². The molecule has 0 aliphatic carbocycles. The van der Waals surface area contributed by atoms with Gasteiger partial charge in [0.2, 0.25) is 0 Å². The van der Waals surface area contributed by atoms with Gasteiger partial charge >= 0.3 is 0 Å². The molecule has 0 rings (SSSR count). The summed E-state index contributed by atoms with van der Waals surface area (Å²) in [6, 6.07) is 0.333. The lowest BCUT2D eigenvalue weighted by Crippen LogP contribution is -2.16. The lowest BCUT2D eigenvalue weighted by molar-refractivity contribution is 0.196. The molecule has 0 amide bonds. The van der Waals surface area contributed by atoms with Crippen LogP contribution in [0.4, 0.5) is 0 Å². The largest absolute Gasteiger partial charge is 0.392 e. The molecular formula is C10H23NOS. The van der Waals surface area contributed by atoms with Crippen molar-refractivity contribution in [1.29, 1.82) is 0 Å². The van der Waals surface area contributed by atoms with Crippen molar-refractivity contribution in [1.82, 2.24) is 0 Å². The first-order valence-corrected chi connectivity index (χ1v) is 6.14. The first-order chi connectivity index (χ1) is 6.04. The van der Waals surface area contributed by atoms with Crippen molar-refractivity contribution >= 4 is 11.8 Å². The van der Waals surface area contributed by atoms with Gasteiger partial charge in [0.1, 0.15) is 0 Å². The van der Waals surface area contributed by atoms with E-state index in [4.69, 9.17) is 5.73 Å². The summed E-state index contributed by atoms with van der Waals surface area (Å²) in [7, 11) is 0. The highest BCUT2D eigenvalue weighted by molar-refractivity contribution is 7.99. The van der Waals surface area contributed by atoms with Crippen molar-refractivity contribution in [2.24, 2.45) is 5.73 Å². The Morgan fingerprint density at radius 2 is 1.85 bits per heavy atom. The van der Waals surface area contributed by atoms with Gasteiger partial charge in [0, 0.05) is 11.3 Å². The molecule has 0 aliphatic heterocycles. The molecule has 2 nitrogen and oxygen atoms in total. The maximum atomic E-state index is 9.22. The predicted molar refractivity (Wildman–Crippen MR) is 61.1 cm³/mol. The third kappa shape index (κ3) is 8.60. The number of nitrogens with two attached hydrogens (primary N) is 1. The maximum absolute atomic E-state index is 9.22. The second kappa shape index (κ2) is 7.65. The third-order valence-electron chi connectivity index (χ3n) is 2.11. The molecule has 0 spiro atoms. The highest BCUT2D eigenvalue weighted by atomic mass is 32.2. The van der Waals surface area contributed by atoms with E-state index in [1.165, 1.54) is 12.8 Å². The minimum absolute atomic E-state index is 0.196. The zero-order valence-electron chi connectivity index (χ0n) is 8.99. The van der Waals surface area contributed by atoms with Gasteiger partial charge in [-0.1, -0.05) is 13.3 Å². The Bertz CT molecular complexity index is 117. The van der Waals surface area contributed by atoms with E-state index in [-0.39, 0.29) is 6.10 Å². The van der Waals surface area contributed by atoms with E-state index in [2.05, 4.69) is 6.92 Å². The summed E-state index contributed by atoms with van der Waals surface area (Å²) in [6.45, 7) is 5.96. The van der Waals surface area contributed by atoms with E-state index < -0.39 is 0 Å². The average Bonchev–Trinajstić information content (AvgIpc) is 2.02. The molecule has 0 aromatic carbocycles. The number of aliphatic hydroxyl groups is 1. The fourth-order valence-electron chi connectivity index (χ4n) is 0.977. The van der Waals surface area contributed by atoms with Gasteiger partial charge in [0.05, 0.1) is 6.10 Å². The van der Waals surface area contributed by atoms with E-state index in [9.17, 15) is 5.11 Å². The van der Waals surface area contributed by atoms with Crippen LogP contribution in [0, 0.1) is 0 Å². The van der Waals surface area contributed by atoms with E-state index in [0.29, 0.717) is 11.3 Å². The summed E-state index contributed by atoms with van der Waals surface area (Å²) in [5.74, 6) is 1.14. The number of hydrogen-bond acceptors (Lipinski definition) is 3. The highest BCUT2D eigenvalue weighted by Gasteiger charge is 2.07. The van der Waals surface area contributed by atoms with Crippen LogP contribution < -0.4 is 5.73 Å². The monoisotopic (exact) mass is 205 g/mol. The molecule has 0 aliphatic rings. The van der Waals surface area contributed by atoms with Crippen molar-refractivity contribution < 1.29 is 5.11 Å². The highest BCUT2D eigenvalue weighted by Crippen LogP contribution is 2.16. The zero-order chi connectivity index (χ0) is 10.3. The summed E-state index contributed by atoms with van der Waals surface area (Å²) in [5.41, 5.74) is 5.64. The third-order valence-corrected chi connectivity index (χ3v) is 3.56. The minimum Gasteiger partial charge on any atom is -0.392 e. The molecule has 80 valence electrons. The van der Waals surface area contributed by atoms with Gasteiger partial charge in [0.15, 0.2) is 0 Å². The molecule has 0 saturated heterocycles. The lowest BCUT2D eigenvalue weighted by Gasteiger charge is -2.13. The second-order valence-corrected chi connectivity index (χ2v) is 5.27. The summed E-state index contributed by atoms with van der Waals surface area (Å²) in [4.78, 5) is 0. The van der Waals surface area contributed by atoms with Crippen LogP contribution >= 0.6 is 11.8 Å². The number of thioether (sulfide) groups is 1. The molecule has 0 aromatic heterocycles. The molecule has 3 unspecified atom stereocenters. The van der Waals surface area contributed by atoms with Gasteiger partial charge in [-0.05, 0) is 32.4 Å². The van der Waals surface area contributed by atoms with Crippen LogP contribution in [0.25, 0.3) is 0 Å². The lowest BCUT2D eigenvalue weighted by atomic mass is 10.2. The standard InChI is InChI=1S/C10H23NOS/c1-8(11)6-4-5-7-13-10(3)9(2)12/h8-10,12H,4-7,11H2,1-3H3. The average molecular weight is 205 g/mol. The van der Waals surface area contributed by atoms with Crippen molar-refractivity contribution in [3.05, 3.63) is 0 Å². The Morgan fingerprint density at radius 3 is 2.31 bits per heavy atom. The van der Waals surface area contributed by atoms with Gasteiger partial charge in [-0.2, -0.15) is 11.8 Å². The first-order valence-electron chi connectivity index (χ1n) is 5.09. The molecule has 3 heteroatoms.